The fraction of sp³-hybridized carbons (Fsp3) is 0.417. The third-order valence-corrected chi connectivity index (χ3v) is 6.24. The number of esters is 1. The Morgan fingerprint density at radius 3 is 1.77 bits per heavy atom. The average Bonchev–Trinajstić information content (AvgIpc) is 2.81. The number of hydrogen-bond acceptors (Lipinski definition) is 3. The Balaban J connectivity index is 1.23. The van der Waals surface area contributed by atoms with Gasteiger partial charge in [0.05, 0.1) is 5.92 Å². The van der Waals surface area contributed by atoms with E-state index in [1.54, 1.807) is 4.90 Å². The van der Waals surface area contributed by atoms with Crippen LogP contribution in [-0.2, 0) is 4.79 Å². The molecule has 0 radical (unpaired) electrons. The third-order valence-electron chi connectivity index (χ3n) is 6.24. The van der Waals surface area contributed by atoms with Crippen LogP contribution < -0.4 is 4.74 Å². The number of rotatable bonds is 3. The lowest BCUT2D eigenvalue weighted by atomic mass is 9.89. The molecule has 0 atom stereocenters. The zero-order valence-corrected chi connectivity index (χ0v) is 17.3. The molecule has 0 spiro atoms. The Hall–Kier alpha value is -2.96. The first-order valence-electron chi connectivity index (χ1n) is 10.8. The second-order valence-corrected chi connectivity index (χ2v) is 8.23. The molecule has 164 valence electrons. The van der Waals surface area contributed by atoms with Gasteiger partial charge < -0.3 is 14.5 Å². The minimum Gasteiger partial charge on any atom is -0.426 e. The van der Waals surface area contributed by atoms with E-state index in [-0.39, 0.29) is 29.6 Å². The highest BCUT2D eigenvalue weighted by molar-refractivity contribution is 5.77. The maximum Gasteiger partial charge on any atom is 0.319 e. The van der Waals surface area contributed by atoms with Crippen molar-refractivity contribution < 1.29 is 23.1 Å². The largest absolute Gasteiger partial charge is 0.426 e. The smallest absolute Gasteiger partial charge is 0.319 e. The number of piperidine rings is 2. The molecule has 2 fully saturated rings. The Bertz CT molecular complexity index is 901. The maximum absolute atomic E-state index is 13.1. The van der Waals surface area contributed by atoms with Gasteiger partial charge in [-0.2, -0.15) is 0 Å². The number of carbonyl (C=O) groups is 2. The van der Waals surface area contributed by atoms with E-state index < -0.39 is 0 Å². The molecule has 2 aliphatic heterocycles. The van der Waals surface area contributed by atoms with E-state index in [4.69, 9.17) is 4.74 Å². The lowest BCUT2D eigenvalue weighted by molar-refractivity contribution is -0.140. The maximum atomic E-state index is 13.1. The molecule has 2 amide bonds. The zero-order valence-electron chi connectivity index (χ0n) is 17.3. The van der Waals surface area contributed by atoms with Crippen molar-refractivity contribution in [3.8, 4) is 5.75 Å². The topological polar surface area (TPSA) is 49.9 Å². The SMILES string of the molecule is O=C(Oc1ccc(F)cc1)C1CCN(C(=O)N2CCC(c3ccc(F)cc3)CC2)CC1. The van der Waals surface area contributed by atoms with Crippen molar-refractivity contribution in [3.63, 3.8) is 0 Å². The van der Waals surface area contributed by atoms with Crippen molar-refractivity contribution in [1.82, 2.24) is 9.80 Å². The van der Waals surface area contributed by atoms with Crippen molar-refractivity contribution in [1.29, 1.82) is 0 Å². The summed E-state index contributed by atoms with van der Waals surface area (Å²) in [5.41, 5.74) is 1.12. The molecule has 31 heavy (non-hydrogen) atoms. The van der Waals surface area contributed by atoms with Crippen LogP contribution in [0.3, 0.4) is 0 Å². The van der Waals surface area contributed by atoms with E-state index in [1.165, 1.54) is 36.4 Å². The summed E-state index contributed by atoms with van der Waals surface area (Å²) in [5.74, 6) is -0.544. The molecule has 2 aromatic rings. The molecule has 0 unspecified atom stereocenters. The van der Waals surface area contributed by atoms with Crippen LogP contribution in [0.4, 0.5) is 13.6 Å². The number of amides is 2. The average molecular weight is 428 g/mol. The number of benzene rings is 2. The van der Waals surface area contributed by atoms with Crippen molar-refractivity contribution in [3.05, 3.63) is 65.7 Å². The van der Waals surface area contributed by atoms with Crippen molar-refractivity contribution >= 4 is 12.0 Å². The molecule has 0 aliphatic carbocycles. The third kappa shape index (κ3) is 5.21. The van der Waals surface area contributed by atoms with Crippen LogP contribution in [0.5, 0.6) is 5.75 Å². The number of carbonyl (C=O) groups excluding carboxylic acids is 2. The Morgan fingerprint density at radius 1 is 0.742 bits per heavy atom. The van der Waals surface area contributed by atoms with Gasteiger partial charge in [-0.3, -0.25) is 4.79 Å². The predicted octanol–water partition coefficient (Wildman–Crippen LogP) is 4.58. The summed E-state index contributed by atoms with van der Waals surface area (Å²) in [6.07, 6.45) is 2.82. The second-order valence-electron chi connectivity index (χ2n) is 8.23. The van der Waals surface area contributed by atoms with Gasteiger partial charge in [0.2, 0.25) is 0 Å². The van der Waals surface area contributed by atoms with E-state index in [1.807, 2.05) is 17.0 Å². The van der Waals surface area contributed by atoms with E-state index in [2.05, 4.69) is 0 Å². The number of halogens is 2. The molecule has 0 saturated carbocycles. The van der Waals surface area contributed by atoms with E-state index in [0.29, 0.717) is 50.7 Å². The molecular formula is C24H26F2N2O3. The van der Waals surface area contributed by atoms with Gasteiger partial charge in [0, 0.05) is 26.2 Å². The lowest BCUT2D eigenvalue weighted by Crippen LogP contribution is -2.49. The first-order chi connectivity index (χ1) is 15.0. The highest BCUT2D eigenvalue weighted by Gasteiger charge is 2.32. The molecule has 0 N–H and O–H groups in total. The predicted molar refractivity (Wildman–Crippen MR) is 112 cm³/mol. The quantitative estimate of drug-likeness (QED) is 0.531. The van der Waals surface area contributed by atoms with Gasteiger partial charge in [0.1, 0.15) is 17.4 Å². The van der Waals surface area contributed by atoms with Gasteiger partial charge in [-0.1, -0.05) is 12.1 Å². The fourth-order valence-corrected chi connectivity index (χ4v) is 4.35. The minimum absolute atomic E-state index is 0.0166. The van der Waals surface area contributed by atoms with Crippen molar-refractivity contribution in [2.24, 2.45) is 5.92 Å². The molecule has 0 aromatic heterocycles. The van der Waals surface area contributed by atoms with Crippen LogP contribution in [0.25, 0.3) is 0 Å². The summed E-state index contributed by atoms with van der Waals surface area (Å²) in [4.78, 5) is 28.9. The number of hydrogen-bond donors (Lipinski definition) is 0. The second kappa shape index (κ2) is 9.45. The van der Waals surface area contributed by atoms with Gasteiger partial charge in [-0.15, -0.1) is 0 Å². The molecule has 2 heterocycles. The lowest BCUT2D eigenvalue weighted by Gasteiger charge is -2.38. The highest BCUT2D eigenvalue weighted by Crippen LogP contribution is 2.29. The molecule has 7 heteroatoms. The van der Waals surface area contributed by atoms with E-state index in [9.17, 15) is 18.4 Å². The van der Waals surface area contributed by atoms with Crippen molar-refractivity contribution in [2.45, 2.75) is 31.6 Å². The van der Waals surface area contributed by atoms with Crippen molar-refractivity contribution in [2.75, 3.05) is 26.2 Å². The van der Waals surface area contributed by atoms with Crippen LogP contribution in [-0.4, -0.2) is 48.0 Å². The monoisotopic (exact) mass is 428 g/mol. The summed E-state index contributed by atoms with van der Waals surface area (Å²) in [5, 5.41) is 0. The molecular weight excluding hydrogens is 402 g/mol. The van der Waals surface area contributed by atoms with Crippen LogP contribution in [0, 0.1) is 17.6 Å². The summed E-state index contributed by atoms with van der Waals surface area (Å²) in [6.45, 7) is 2.38. The van der Waals surface area contributed by atoms with Crippen LogP contribution in [0.2, 0.25) is 0 Å². The number of nitrogens with zero attached hydrogens (tertiary/aromatic N) is 2. The molecule has 4 rings (SSSR count). The summed E-state index contributed by atoms with van der Waals surface area (Å²) in [7, 11) is 0. The number of ether oxygens (including phenoxy) is 1. The number of urea groups is 1. The fourth-order valence-electron chi connectivity index (χ4n) is 4.35. The van der Waals surface area contributed by atoms with E-state index >= 15 is 0 Å². The summed E-state index contributed by atoms with van der Waals surface area (Å²) < 4.78 is 31.4. The highest BCUT2D eigenvalue weighted by atomic mass is 19.1. The van der Waals surface area contributed by atoms with Crippen LogP contribution in [0.1, 0.15) is 37.2 Å². The summed E-state index contributed by atoms with van der Waals surface area (Å²) in [6, 6.07) is 12.0. The standard InChI is InChI=1S/C24H26F2N2O3/c25-20-3-1-17(2-4-20)18-9-13-27(14-10-18)24(30)28-15-11-19(12-16-28)23(29)31-22-7-5-21(26)6-8-22/h1-8,18-19H,9-16H2. The first-order valence-corrected chi connectivity index (χ1v) is 10.8. The number of likely N-dealkylation sites (tertiary alicyclic amines) is 2. The molecule has 2 saturated heterocycles. The zero-order chi connectivity index (χ0) is 21.8. The Kier molecular flexibility index (Phi) is 6.49. The normalized spacial score (nSPS) is 18.1. The minimum atomic E-state index is -0.381. The van der Waals surface area contributed by atoms with Gasteiger partial charge in [0.15, 0.2) is 0 Å². The van der Waals surface area contributed by atoms with Gasteiger partial charge >= 0.3 is 12.0 Å². The molecule has 2 aromatic carbocycles. The molecule has 0 bridgehead atoms. The van der Waals surface area contributed by atoms with Gasteiger partial charge in [-0.25, -0.2) is 13.6 Å². The molecule has 2 aliphatic rings. The first kappa shape index (κ1) is 21.3. The Morgan fingerprint density at radius 2 is 1.23 bits per heavy atom. The van der Waals surface area contributed by atoms with Gasteiger partial charge in [-0.05, 0) is 73.6 Å². The summed E-state index contributed by atoms with van der Waals surface area (Å²) >= 11 is 0. The van der Waals surface area contributed by atoms with E-state index in [0.717, 1.165) is 18.4 Å². The van der Waals surface area contributed by atoms with Gasteiger partial charge in [0.25, 0.3) is 0 Å². The Labute approximate surface area is 180 Å². The molecule has 5 nitrogen and oxygen atoms in total. The van der Waals surface area contributed by atoms with Crippen LogP contribution in [0.15, 0.2) is 48.5 Å². The van der Waals surface area contributed by atoms with Crippen LogP contribution >= 0.6 is 0 Å².